The van der Waals surface area contributed by atoms with Gasteiger partial charge in [0.15, 0.2) is 0 Å². The van der Waals surface area contributed by atoms with Gasteiger partial charge in [-0.25, -0.2) is 4.98 Å². The lowest BCUT2D eigenvalue weighted by molar-refractivity contribution is 0.879. The third kappa shape index (κ3) is 4.45. The second-order valence-electron chi connectivity index (χ2n) is 5.41. The Balaban J connectivity index is 0.000000745. The number of hydrogen-bond donors (Lipinski definition) is 0. The van der Waals surface area contributed by atoms with E-state index in [9.17, 15) is 0 Å². The Labute approximate surface area is 135 Å². The highest BCUT2D eigenvalue weighted by Crippen LogP contribution is 2.24. The van der Waals surface area contributed by atoms with Gasteiger partial charge >= 0.3 is 0 Å². The van der Waals surface area contributed by atoms with Crippen LogP contribution in [-0.4, -0.2) is 9.55 Å². The molecule has 2 heteroatoms. The van der Waals surface area contributed by atoms with E-state index < -0.39 is 0 Å². The fraction of sp³-hybridized carbons (Fsp3) is 0.350. The highest BCUT2D eigenvalue weighted by atomic mass is 15.1. The summed E-state index contributed by atoms with van der Waals surface area (Å²) in [6.45, 7) is 12.2. The van der Waals surface area contributed by atoms with Gasteiger partial charge in [0, 0.05) is 12.6 Å². The standard InChI is InChI=1S/C17H20N2.C3H8/c1-5-7-14(8-6-2)17-18-15-11-9-13(3)10-12-16(15)19(17)4;1-3-2/h5-13H,1H2,2-4H3;3H2,1-2H3/b8-6-,14-7+;. The number of hydrogen-bond acceptors (Lipinski definition) is 1. The van der Waals surface area contributed by atoms with Crippen molar-refractivity contribution in [2.24, 2.45) is 13.0 Å². The predicted molar refractivity (Wildman–Crippen MR) is 99.4 cm³/mol. The molecular weight excluding hydrogens is 268 g/mol. The van der Waals surface area contributed by atoms with Crippen LogP contribution in [0.4, 0.5) is 0 Å². The minimum Gasteiger partial charge on any atom is -0.327 e. The van der Waals surface area contributed by atoms with Crippen LogP contribution in [0.1, 0.15) is 51.3 Å². The lowest BCUT2D eigenvalue weighted by Crippen LogP contribution is -1.98. The maximum Gasteiger partial charge on any atom is 0.140 e. The SMILES string of the molecule is C=C/C=C(\C=C/C)c1nc2c(n1C)C=CC(C)C=C2.CCC. The van der Waals surface area contributed by atoms with E-state index in [0.717, 1.165) is 22.8 Å². The molecule has 0 radical (unpaired) electrons. The number of aromatic nitrogens is 2. The van der Waals surface area contributed by atoms with Crippen molar-refractivity contribution in [3.63, 3.8) is 0 Å². The van der Waals surface area contributed by atoms with Gasteiger partial charge in [-0.15, -0.1) is 0 Å². The van der Waals surface area contributed by atoms with Crippen LogP contribution in [0.25, 0.3) is 17.7 Å². The molecule has 0 amide bonds. The Kier molecular flexibility index (Phi) is 7.38. The van der Waals surface area contributed by atoms with Crippen molar-refractivity contribution in [3.05, 3.63) is 60.2 Å². The smallest absolute Gasteiger partial charge is 0.140 e. The fourth-order valence-corrected chi connectivity index (χ4v) is 2.17. The summed E-state index contributed by atoms with van der Waals surface area (Å²) in [5.74, 6) is 1.42. The summed E-state index contributed by atoms with van der Waals surface area (Å²) in [5, 5.41) is 0. The molecule has 1 aliphatic carbocycles. The predicted octanol–water partition coefficient (Wildman–Crippen LogP) is 5.66. The van der Waals surface area contributed by atoms with Gasteiger partial charge in [0.25, 0.3) is 0 Å². The van der Waals surface area contributed by atoms with Crippen molar-refractivity contribution in [1.82, 2.24) is 9.55 Å². The molecule has 2 rings (SSSR count). The highest BCUT2D eigenvalue weighted by molar-refractivity contribution is 5.75. The monoisotopic (exact) mass is 296 g/mol. The van der Waals surface area contributed by atoms with Crippen LogP contribution in [-0.2, 0) is 7.05 Å². The van der Waals surface area contributed by atoms with E-state index in [2.05, 4.69) is 69.3 Å². The molecule has 0 fully saturated rings. The topological polar surface area (TPSA) is 17.8 Å². The fourth-order valence-electron chi connectivity index (χ4n) is 2.17. The molecule has 0 aliphatic heterocycles. The lowest BCUT2D eigenvalue weighted by Gasteiger charge is -2.04. The summed E-state index contributed by atoms with van der Waals surface area (Å²) >= 11 is 0. The molecule has 0 spiro atoms. The second-order valence-corrected chi connectivity index (χ2v) is 5.41. The van der Waals surface area contributed by atoms with Gasteiger partial charge in [0.1, 0.15) is 5.82 Å². The first-order valence-corrected chi connectivity index (χ1v) is 7.97. The first-order valence-electron chi connectivity index (χ1n) is 7.97. The third-order valence-electron chi connectivity index (χ3n) is 3.18. The van der Waals surface area contributed by atoms with Crippen molar-refractivity contribution >= 4 is 17.7 Å². The Bertz CT molecular complexity index is 610. The molecule has 0 N–H and O–H groups in total. The normalized spacial score (nSPS) is 17.0. The Morgan fingerprint density at radius 1 is 1.32 bits per heavy atom. The van der Waals surface area contributed by atoms with Crippen molar-refractivity contribution in [2.75, 3.05) is 0 Å². The summed E-state index contributed by atoms with van der Waals surface area (Å²) in [4.78, 5) is 4.74. The van der Waals surface area contributed by atoms with Crippen LogP contribution in [0.2, 0.25) is 0 Å². The molecule has 0 saturated heterocycles. The number of imidazole rings is 1. The number of allylic oxidation sites excluding steroid dienone is 7. The molecule has 0 saturated carbocycles. The average molecular weight is 296 g/mol. The van der Waals surface area contributed by atoms with Crippen LogP contribution >= 0.6 is 0 Å². The maximum absolute atomic E-state index is 4.74. The van der Waals surface area contributed by atoms with Crippen LogP contribution in [0.15, 0.2) is 43.0 Å². The Morgan fingerprint density at radius 2 is 1.95 bits per heavy atom. The van der Waals surface area contributed by atoms with Crippen LogP contribution < -0.4 is 0 Å². The van der Waals surface area contributed by atoms with E-state index in [4.69, 9.17) is 4.98 Å². The van der Waals surface area contributed by atoms with Gasteiger partial charge in [-0.2, -0.15) is 0 Å². The molecule has 118 valence electrons. The largest absolute Gasteiger partial charge is 0.327 e. The number of rotatable bonds is 3. The molecule has 1 unspecified atom stereocenters. The van der Waals surface area contributed by atoms with E-state index >= 15 is 0 Å². The Hall–Kier alpha value is -2.09. The molecule has 1 heterocycles. The van der Waals surface area contributed by atoms with E-state index in [-0.39, 0.29) is 0 Å². The summed E-state index contributed by atoms with van der Waals surface area (Å²) in [6, 6.07) is 0. The number of nitrogens with zero attached hydrogens (tertiary/aromatic N) is 2. The molecule has 1 atom stereocenters. The molecule has 1 aromatic heterocycles. The summed E-state index contributed by atoms with van der Waals surface area (Å²) < 4.78 is 2.13. The first-order chi connectivity index (χ1) is 10.6. The van der Waals surface area contributed by atoms with E-state index in [1.807, 2.05) is 19.1 Å². The summed E-state index contributed by atoms with van der Waals surface area (Å²) in [6.07, 6.45) is 17.7. The van der Waals surface area contributed by atoms with E-state index in [0.29, 0.717) is 5.92 Å². The molecule has 1 aromatic rings. The van der Waals surface area contributed by atoms with Gasteiger partial charge in [0.2, 0.25) is 0 Å². The van der Waals surface area contributed by atoms with Crippen LogP contribution in [0.5, 0.6) is 0 Å². The highest BCUT2D eigenvalue weighted by Gasteiger charge is 2.14. The zero-order chi connectivity index (χ0) is 16.5. The quantitative estimate of drug-likeness (QED) is 0.658. The minimum absolute atomic E-state index is 0.455. The molecule has 2 nitrogen and oxygen atoms in total. The van der Waals surface area contributed by atoms with Crippen molar-refractivity contribution in [1.29, 1.82) is 0 Å². The van der Waals surface area contributed by atoms with Crippen molar-refractivity contribution < 1.29 is 0 Å². The third-order valence-corrected chi connectivity index (χ3v) is 3.18. The lowest BCUT2D eigenvalue weighted by atomic mass is 10.1. The van der Waals surface area contributed by atoms with E-state index in [1.54, 1.807) is 6.08 Å². The molecular formula is C20H28N2. The van der Waals surface area contributed by atoms with Crippen molar-refractivity contribution in [3.8, 4) is 0 Å². The van der Waals surface area contributed by atoms with Crippen LogP contribution in [0, 0.1) is 5.92 Å². The van der Waals surface area contributed by atoms with Crippen molar-refractivity contribution in [2.45, 2.75) is 34.1 Å². The molecule has 0 aromatic carbocycles. The zero-order valence-corrected chi connectivity index (χ0v) is 14.5. The minimum atomic E-state index is 0.455. The summed E-state index contributed by atoms with van der Waals surface area (Å²) in [5.41, 5.74) is 3.25. The molecule has 22 heavy (non-hydrogen) atoms. The van der Waals surface area contributed by atoms with Crippen LogP contribution in [0.3, 0.4) is 0 Å². The summed E-state index contributed by atoms with van der Waals surface area (Å²) in [7, 11) is 2.05. The Morgan fingerprint density at radius 3 is 2.55 bits per heavy atom. The van der Waals surface area contributed by atoms with Gasteiger partial charge in [-0.3, -0.25) is 0 Å². The number of fused-ring (bicyclic) bond motifs is 1. The maximum atomic E-state index is 4.74. The molecule has 1 aliphatic rings. The van der Waals surface area contributed by atoms with Gasteiger partial charge in [-0.05, 0) is 25.0 Å². The van der Waals surface area contributed by atoms with E-state index in [1.165, 1.54) is 6.42 Å². The molecule has 0 bridgehead atoms. The zero-order valence-electron chi connectivity index (χ0n) is 14.5. The van der Waals surface area contributed by atoms with Gasteiger partial charge in [0.05, 0.1) is 11.4 Å². The van der Waals surface area contributed by atoms with Gasteiger partial charge in [-0.1, -0.05) is 70.2 Å². The average Bonchev–Trinajstić information content (AvgIpc) is 2.67. The van der Waals surface area contributed by atoms with Gasteiger partial charge < -0.3 is 4.57 Å². The second kappa shape index (κ2) is 9.04. The first kappa shape index (κ1) is 18.0.